The Bertz CT molecular complexity index is 953. The first-order valence-electron chi connectivity index (χ1n) is 7.91. The third-order valence-electron chi connectivity index (χ3n) is 4.71. The van der Waals surface area contributed by atoms with Crippen LogP contribution in [0.3, 0.4) is 0 Å². The van der Waals surface area contributed by atoms with Gasteiger partial charge in [0.15, 0.2) is 11.5 Å². The zero-order valence-corrected chi connectivity index (χ0v) is 13.7. The summed E-state index contributed by atoms with van der Waals surface area (Å²) in [5.74, 6) is 1.11. The summed E-state index contributed by atoms with van der Waals surface area (Å²) in [4.78, 5) is 17.4. The second kappa shape index (κ2) is 5.67. The highest BCUT2D eigenvalue weighted by molar-refractivity contribution is 5.81. The molecule has 0 N–H and O–H groups in total. The first-order valence-corrected chi connectivity index (χ1v) is 7.91. The lowest BCUT2D eigenvalue weighted by Gasteiger charge is -2.14. The third kappa shape index (κ3) is 2.24. The third-order valence-corrected chi connectivity index (χ3v) is 4.71. The summed E-state index contributed by atoms with van der Waals surface area (Å²) < 4.78 is 12.3. The van der Waals surface area contributed by atoms with Gasteiger partial charge in [0.1, 0.15) is 0 Å². The van der Waals surface area contributed by atoms with E-state index >= 15 is 0 Å². The number of fused-ring (bicyclic) bond motifs is 2. The largest absolute Gasteiger partial charge is 0.493 e. The number of methoxy groups -OCH3 is 2. The Kier molecular flexibility index (Phi) is 3.49. The molecule has 4 rings (SSSR count). The summed E-state index contributed by atoms with van der Waals surface area (Å²) in [6, 6.07) is 11.9. The molecule has 0 aliphatic heterocycles. The first-order chi connectivity index (χ1) is 11.7. The van der Waals surface area contributed by atoms with Gasteiger partial charge in [-0.1, -0.05) is 24.3 Å². The summed E-state index contributed by atoms with van der Waals surface area (Å²) in [6.07, 6.45) is 3.36. The highest BCUT2D eigenvalue weighted by atomic mass is 16.5. The van der Waals surface area contributed by atoms with E-state index < -0.39 is 0 Å². The van der Waals surface area contributed by atoms with Gasteiger partial charge in [0.25, 0.3) is 5.56 Å². The zero-order valence-electron chi connectivity index (χ0n) is 13.7. The van der Waals surface area contributed by atoms with Crippen LogP contribution < -0.4 is 15.0 Å². The molecule has 0 saturated heterocycles. The Morgan fingerprint density at radius 1 is 1.04 bits per heavy atom. The van der Waals surface area contributed by atoms with E-state index in [9.17, 15) is 4.79 Å². The van der Waals surface area contributed by atoms with Gasteiger partial charge in [0.2, 0.25) is 0 Å². The quantitative estimate of drug-likeness (QED) is 0.744. The predicted molar refractivity (Wildman–Crippen MR) is 92.0 cm³/mol. The van der Waals surface area contributed by atoms with Crippen LogP contribution in [-0.4, -0.2) is 23.8 Å². The van der Waals surface area contributed by atoms with Crippen LogP contribution in [-0.2, 0) is 12.8 Å². The summed E-state index contributed by atoms with van der Waals surface area (Å²) in [6.45, 7) is 0. The van der Waals surface area contributed by atoms with Gasteiger partial charge in [-0.15, -0.1) is 0 Å². The van der Waals surface area contributed by atoms with E-state index in [0.29, 0.717) is 22.4 Å². The molecule has 24 heavy (non-hydrogen) atoms. The predicted octanol–water partition coefficient (Wildman–Crippen LogP) is 2.75. The molecule has 2 aromatic carbocycles. The highest BCUT2D eigenvalue weighted by Crippen LogP contribution is 2.32. The monoisotopic (exact) mass is 322 g/mol. The maximum Gasteiger partial charge on any atom is 0.261 e. The average Bonchev–Trinajstić information content (AvgIpc) is 3.04. The molecule has 1 aliphatic carbocycles. The van der Waals surface area contributed by atoms with Crippen LogP contribution in [0.2, 0.25) is 0 Å². The number of rotatable bonds is 3. The summed E-state index contributed by atoms with van der Waals surface area (Å²) in [7, 11) is 3.13. The molecule has 5 heteroatoms. The van der Waals surface area contributed by atoms with Crippen molar-refractivity contribution in [3.63, 3.8) is 0 Å². The Hall–Kier alpha value is -2.82. The van der Waals surface area contributed by atoms with Crippen LogP contribution in [0.15, 0.2) is 47.5 Å². The molecule has 3 aromatic rings. The molecule has 0 saturated carbocycles. The molecule has 122 valence electrons. The SMILES string of the molecule is COc1cc2ncn(C3Cc4ccccc4C3)c(=O)c2cc1OC. The van der Waals surface area contributed by atoms with Crippen molar-refractivity contribution in [2.45, 2.75) is 18.9 Å². The van der Waals surface area contributed by atoms with Gasteiger partial charge >= 0.3 is 0 Å². The molecule has 0 bridgehead atoms. The molecule has 0 unspecified atom stereocenters. The fraction of sp³-hybridized carbons (Fsp3) is 0.263. The van der Waals surface area contributed by atoms with Crippen LogP contribution >= 0.6 is 0 Å². The Morgan fingerprint density at radius 2 is 1.67 bits per heavy atom. The van der Waals surface area contributed by atoms with Crippen molar-refractivity contribution >= 4 is 10.9 Å². The summed E-state index contributed by atoms with van der Waals surface area (Å²) in [5, 5.41) is 0.547. The molecule has 1 aliphatic rings. The lowest BCUT2D eigenvalue weighted by molar-refractivity contribution is 0.355. The van der Waals surface area contributed by atoms with Crippen molar-refractivity contribution in [2.24, 2.45) is 0 Å². The first kappa shape index (κ1) is 14.8. The zero-order chi connectivity index (χ0) is 16.7. The van der Waals surface area contributed by atoms with Crippen LogP contribution in [0.5, 0.6) is 11.5 Å². The van der Waals surface area contributed by atoms with Gasteiger partial charge in [-0.2, -0.15) is 0 Å². The number of benzene rings is 2. The van der Waals surface area contributed by atoms with E-state index in [2.05, 4.69) is 17.1 Å². The molecule has 5 nitrogen and oxygen atoms in total. The van der Waals surface area contributed by atoms with Crippen molar-refractivity contribution in [3.05, 3.63) is 64.2 Å². The Balaban J connectivity index is 1.81. The topological polar surface area (TPSA) is 53.4 Å². The molecule has 1 aromatic heterocycles. The van der Waals surface area contributed by atoms with Gasteiger partial charge in [-0.05, 0) is 30.0 Å². The Labute approximate surface area is 139 Å². The minimum Gasteiger partial charge on any atom is -0.493 e. The highest BCUT2D eigenvalue weighted by Gasteiger charge is 2.24. The molecule has 0 atom stereocenters. The number of aromatic nitrogens is 2. The number of nitrogens with zero attached hydrogens (tertiary/aromatic N) is 2. The minimum atomic E-state index is -0.0428. The summed E-state index contributed by atoms with van der Waals surface area (Å²) in [5.41, 5.74) is 3.19. The smallest absolute Gasteiger partial charge is 0.261 e. The van der Waals surface area contributed by atoms with Gasteiger partial charge in [-0.3, -0.25) is 9.36 Å². The Morgan fingerprint density at radius 3 is 2.29 bits per heavy atom. The maximum absolute atomic E-state index is 13.0. The van der Waals surface area contributed by atoms with Crippen molar-refractivity contribution in [3.8, 4) is 11.5 Å². The molecule has 0 spiro atoms. The number of hydrogen-bond donors (Lipinski definition) is 0. The molecular formula is C19H18N2O3. The second-order valence-corrected chi connectivity index (χ2v) is 6.01. The molecule has 0 radical (unpaired) electrons. The van der Waals surface area contributed by atoms with Crippen LogP contribution in [0.25, 0.3) is 10.9 Å². The van der Waals surface area contributed by atoms with Crippen molar-refractivity contribution in [2.75, 3.05) is 14.2 Å². The minimum absolute atomic E-state index is 0.0428. The summed E-state index contributed by atoms with van der Waals surface area (Å²) >= 11 is 0. The molecule has 0 fully saturated rings. The van der Waals surface area contributed by atoms with E-state index in [-0.39, 0.29) is 11.6 Å². The van der Waals surface area contributed by atoms with Gasteiger partial charge in [0.05, 0.1) is 31.4 Å². The van der Waals surface area contributed by atoms with Gasteiger partial charge < -0.3 is 9.47 Å². The van der Waals surface area contributed by atoms with Crippen molar-refractivity contribution < 1.29 is 9.47 Å². The second-order valence-electron chi connectivity index (χ2n) is 6.01. The van der Waals surface area contributed by atoms with Crippen molar-refractivity contribution in [1.82, 2.24) is 9.55 Å². The van der Waals surface area contributed by atoms with E-state index in [0.717, 1.165) is 12.8 Å². The normalized spacial score (nSPS) is 13.9. The standard InChI is InChI=1S/C19H18N2O3/c1-23-17-9-15-16(10-18(17)24-2)20-11-21(19(15)22)14-7-12-5-3-4-6-13(12)8-14/h3-6,9-11,14H,7-8H2,1-2H3. The lowest BCUT2D eigenvalue weighted by Crippen LogP contribution is -2.25. The number of hydrogen-bond acceptors (Lipinski definition) is 4. The average molecular weight is 322 g/mol. The lowest BCUT2D eigenvalue weighted by atomic mass is 10.1. The molecular weight excluding hydrogens is 304 g/mol. The molecule has 1 heterocycles. The van der Waals surface area contributed by atoms with E-state index in [1.807, 2.05) is 12.1 Å². The fourth-order valence-electron chi connectivity index (χ4n) is 3.45. The van der Waals surface area contributed by atoms with E-state index in [4.69, 9.17) is 9.47 Å². The fourth-order valence-corrected chi connectivity index (χ4v) is 3.45. The maximum atomic E-state index is 13.0. The van der Waals surface area contributed by atoms with Gasteiger partial charge in [0, 0.05) is 12.1 Å². The van der Waals surface area contributed by atoms with Gasteiger partial charge in [-0.25, -0.2) is 4.98 Å². The van der Waals surface area contributed by atoms with E-state index in [1.54, 1.807) is 37.2 Å². The van der Waals surface area contributed by atoms with E-state index in [1.165, 1.54) is 11.1 Å². The van der Waals surface area contributed by atoms with Crippen LogP contribution in [0.4, 0.5) is 0 Å². The molecule has 0 amide bonds. The van der Waals surface area contributed by atoms with Crippen LogP contribution in [0, 0.1) is 0 Å². The number of ether oxygens (including phenoxy) is 2. The van der Waals surface area contributed by atoms with Crippen molar-refractivity contribution in [1.29, 1.82) is 0 Å². The van der Waals surface area contributed by atoms with Crippen LogP contribution in [0.1, 0.15) is 17.2 Å².